The summed E-state index contributed by atoms with van der Waals surface area (Å²) in [6.45, 7) is 4.60. The Bertz CT molecular complexity index is 1180. The van der Waals surface area contributed by atoms with Crippen LogP contribution in [0.15, 0.2) is 54.6 Å². The molecule has 0 saturated heterocycles. The number of halogens is 3. The van der Waals surface area contributed by atoms with E-state index >= 15 is 0 Å². The van der Waals surface area contributed by atoms with Crippen molar-refractivity contribution < 1.29 is 27.4 Å². The maximum absolute atomic E-state index is 15.0. The molecule has 3 aromatic rings. The van der Waals surface area contributed by atoms with Gasteiger partial charge < -0.3 is 9.47 Å². The normalized spacial score (nSPS) is 17.9. The van der Waals surface area contributed by atoms with Crippen LogP contribution in [0.25, 0.3) is 11.1 Å². The molecule has 0 spiro atoms. The quantitative estimate of drug-likeness (QED) is 0.258. The number of hydrogen-bond donors (Lipinski definition) is 0. The van der Waals surface area contributed by atoms with Gasteiger partial charge in [-0.15, -0.1) is 0 Å². The molecule has 0 amide bonds. The second kappa shape index (κ2) is 11.1. The lowest BCUT2D eigenvalue weighted by Crippen LogP contribution is -2.25. The zero-order chi connectivity index (χ0) is 24.9. The molecule has 1 fully saturated rings. The van der Waals surface area contributed by atoms with Crippen LogP contribution in [0.4, 0.5) is 13.2 Å². The van der Waals surface area contributed by atoms with E-state index in [4.69, 9.17) is 9.47 Å². The Hall–Kier alpha value is -3.12. The van der Waals surface area contributed by atoms with E-state index in [1.165, 1.54) is 12.1 Å². The molecule has 3 aromatic carbocycles. The van der Waals surface area contributed by atoms with Gasteiger partial charge in [-0.1, -0.05) is 48.0 Å². The van der Waals surface area contributed by atoms with Gasteiger partial charge in [-0.25, -0.2) is 13.2 Å². The highest BCUT2D eigenvalue weighted by atomic mass is 19.2. The van der Waals surface area contributed by atoms with Gasteiger partial charge in [0.15, 0.2) is 23.2 Å². The van der Waals surface area contributed by atoms with E-state index in [0.717, 1.165) is 5.56 Å². The molecular weight excluding hydrogens is 453 g/mol. The summed E-state index contributed by atoms with van der Waals surface area (Å²) in [5.74, 6) is -3.50. The minimum atomic E-state index is -0.851. The summed E-state index contributed by atoms with van der Waals surface area (Å²) in [6, 6.07) is 14.9. The minimum absolute atomic E-state index is 0.114. The topological polar surface area (TPSA) is 35.5 Å². The molecule has 0 bridgehead atoms. The van der Waals surface area contributed by atoms with Crippen LogP contribution in [0.5, 0.6) is 5.75 Å². The van der Waals surface area contributed by atoms with E-state index in [9.17, 15) is 18.0 Å². The molecule has 6 heteroatoms. The summed E-state index contributed by atoms with van der Waals surface area (Å²) in [5, 5.41) is 0. The van der Waals surface area contributed by atoms with Gasteiger partial charge in [0.2, 0.25) is 0 Å². The maximum atomic E-state index is 15.0. The van der Waals surface area contributed by atoms with E-state index in [2.05, 4.69) is 0 Å². The molecule has 0 radical (unpaired) electrons. The van der Waals surface area contributed by atoms with Gasteiger partial charge in [-0.2, -0.15) is 0 Å². The molecule has 1 aliphatic rings. The molecule has 0 aliphatic heterocycles. The van der Waals surface area contributed by atoms with E-state index in [1.54, 1.807) is 30.3 Å². The Morgan fingerprint density at radius 3 is 2.29 bits per heavy atom. The van der Waals surface area contributed by atoms with Crippen molar-refractivity contribution in [2.75, 3.05) is 6.61 Å². The number of aryl methyl sites for hydroxylation is 1. The zero-order valence-electron chi connectivity index (χ0n) is 20.0. The van der Waals surface area contributed by atoms with Crippen molar-refractivity contribution in [1.29, 1.82) is 0 Å². The smallest absolute Gasteiger partial charge is 0.314 e. The van der Waals surface area contributed by atoms with Crippen LogP contribution >= 0.6 is 0 Å². The SMILES string of the molecule is CCOCc1ccc(OC(=O)C2CCC(c3ccc(-c4ccc(C)cc4)c(F)c3F)CC2)c(F)c1. The third-order valence-corrected chi connectivity index (χ3v) is 6.65. The first-order chi connectivity index (χ1) is 16.9. The van der Waals surface area contributed by atoms with Gasteiger partial charge in [-0.05, 0) is 74.3 Å². The van der Waals surface area contributed by atoms with Crippen molar-refractivity contribution >= 4 is 5.97 Å². The van der Waals surface area contributed by atoms with Crippen molar-refractivity contribution in [3.63, 3.8) is 0 Å². The molecule has 0 atom stereocenters. The zero-order valence-corrected chi connectivity index (χ0v) is 20.0. The van der Waals surface area contributed by atoms with E-state index < -0.39 is 29.3 Å². The highest BCUT2D eigenvalue weighted by Gasteiger charge is 2.31. The highest BCUT2D eigenvalue weighted by molar-refractivity contribution is 5.75. The Labute approximate surface area is 203 Å². The first-order valence-electron chi connectivity index (χ1n) is 12.0. The molecule has 3 nitrogen and oxygen atoms in total. The average molecular weight is 483 g/mol. The fourth-order valence-corrected chi connectivity index (χ4v) is 4.60. The molecule has 0 unspecified atom stereocenters. The molecule has 35 heavy (non-hydrogen) atoms. The fourth-order valence-electron chi connectivity index (χ4n) is 4.60. The second-order valence-corrected chi connectivity index (χ2v) is 9.07. The van der Waals surface area contributed by atoms with Crippen LogP contribution < -0.4 is 4.74 Å². The molecule has 4 rings (SSSR count). The molecule has 0 N–H and O–H groups in total. The number of benzene rings is 3. The van der Waals surface area contributed by atoms with E-state index in [0.29, 0.717) is 49.0 Å². The fraction of sp³-hybridized carbons (Fsp3) is 0.345. The predicted octanol–water partition coefficient (Wildman–Crippen LogP) is 7.50. The molecule has 0 heterocycles. The summed E-state index contributed by atoms with van der Waals surface area (Å²) in [5.41, 5.74) is 2.90. The van der Waals surface area contributed by atoms with Gasteiger partial charge >= 0.3 is 5.97 Å². The summed E-state index contributed by atoms with van der Waals surface area (Å²) in [6.07, 6.45) is 1.98. The number of hydrogen-bond acceptors (Lipinski definition) is 3. The lowest BCUT2D eigenvalue weighted by Gasteiger charge is -2.28. The monoisotopic (exact) mass is 482 g/mol. The molecule has 1 saturated carbocycles. The number of carbonyl (C=O) groups excluding carboxylic acids is 1. The molecule has 0 aromatic heterocycles. The lowest BCUT2D eigenvalue weighted by molar-refractivity contribution is -0.140. The number of esters is 1. The average Bonchev–Trinajstić information content (AvgIpc) is 2.86. The minimum Gasteiger partial charge on any atom is -0.423 e. The lowest BCUT2D eigenvalue weighted by atomic mass is 9.78. The van der Waals surface area contributed by atoms with Crippen molar-refractivity contribution in [2.45, 2.75) is 52.1 Å². The Kier molecular flexibility index (Phi) is 7.91. The van der Waals surface area contributed by atoms with Crippen molar-refractivity contribution in [3.05, 3.63) is 88.7 Å². The van der Waals surface area contributed by atoms with Crippen molar-refractivity contribution in [2.24, 2.45) is 5.92 Å². The first kappa shape index (κ1) is 25.0. The highest BCUT2D eigenvalue weighted by Crippen LogP contribution is 2.39. The number of carbonyl (C=O) groups is 1. The van der Waals surface area contributed by atoms with Crippen molar-refractivity contribution in [1.82, 2.24) is 0 Å². The summed E-state index contributed by atoms with van der Waals surface area (Å²) >= 11 is 0. The standard InChI is InChI=1S/C29H29F3O3/c1-3-34-17-19-6-15-26(25(30)16-19)35-29(33)22-11-9-21(10-12-22)24-14-13-23(27(31)28(24)32)20-7-4-18(2)5-8-20/h4-8,13-16,21-22H,3,9-12,17H2,1-2H3. The Balaban J connectivity index is 1.38. The molecule has 1 aliphatic carbocycles. The van der Waals surface area contributed by atoms with Crippen LogP contribution in [-0.4, -0.2) is 12.6 Å². The Morgan fingerprint density at radius 2 is 1.63 bits per heavy atom. The van der Waals surface area contributed by atoms with Crippen LogP contribution in [0, 0.1) is 30.3 Å². The summed E-state index contributed by atoms with van der Waals surface area (Å²) in [7, 11) is 0. The predicted molar refractivity (Wildman–Crippen MR) is 129 cm³/mol. The van der Waals surface area contributed by atoms with Gasteiger partial charge in [0.05, 0.1) is 12.5 Å². The van der Waals surface area contributed by atoms with Crippen LogP contribution in [0.3, 0.4) is 0 Å². The van der Waals surface area contributed by atoms with Gasteiger partial charge in [0, 0.05) is 12.2 Å². The van der Waals surface area contributed by atoms with Crippen LogP contribution in [0.2, 0.25) is 0 Å². The van der Waals surface area contributed by atoms with Gasteiger partial charge in [0.1, 0.15) is 0 Å². The summed E-state index contributed by atoms with van der Waals surface area (Å²) < 4.78 is 54.8. The van der Waals surface area contributed by atoms with Gasteiger partial charge in [0.25, 0.3) is 0 Å². The number of rotatable bonds is 7. The molecule has 184 valence electrons. The second-order valence-electron chi connectivity index (χ2n) is 9.07. The number of ether oxygens (including phenoxy) is 2. The first-order valence-corrected chi connectivity index (χ1v) is 12.0. The van der Waals surface area contributed by atoms with Crippen LogP contribution in [0.1, 0.15) is 55.2 Å². The third kappa shape index (κ3) is 5.76. The van der Waals surface area contributed by atoms with E-state index in [-0.39, 0.29) is 23.8 Å². The third-order valence-electron chi connectivity index (χ3n) is 6.65. The van der Waals surface area contributed by atoms with Gasteiger partial charge in [-0.3, -0.25) is 4.79 Å². The van der Waals surface area contributed by atoms with Crippen molar-refractivity contribution in [3.8, 4) is 16.9 Å². The van der Waals surface area contributed by atoms with Crippen LogP contribution in [-0.2, 0) is 16.1 Å². The maximum Gasteiger partial charge on any atom is 0.314 e. The Morgan fingerprint density at radius 1 is 0.914 bits per heavy atom. The molecular formula is C29H29F3O3. The summed E-state index contributed by atoms with van der Waals surface area (Å²) in [4.78, 5) is 12.6. The largest absolute Gasteiger partial charge is 0.423 e. The van der Waals surface area contributed by atoms with E-state index in [1.807, 2.05) is 26.0 Å².